The molecule has 0 radical (unpaired) electrons. The number of rotatable bonds is 4. The number of carbonyl (C=O) groups is 1. The Morgan fingerprint density at radius 2 is 1.38 bits per heavy atom. The molecular formula is C20H20F6N2O. The van der Waals surface area contributed by atoms with Crippen LogP contribution in [0.25, 0.3) is 0 Å². The number of alkyl halides is 6. The Morgan fingerprint density at radius 1 is 0.862 bits per heavy atom. The van der Waals surface area contributed by atoms with Crippen molar-refractivity contribution in [1.82, 2.24) is 5.32 Å². The summed E-state index contributed by atoms with van der Waals surface area (Å²) in [6, 6.07) is 7.62. The van der Waals surface area contributed by atoms with E-state index in [-0.39, 0.29) is 23.7 Å². The van der Waals surface area contributed by atoms with Crippen LogP contribution in [0.15, 0.2) is 42.5 Å². The first-order chi connectivity index (χ1) is 13.2. The highest BCUT2D eigenvalue weighted by Gasteiger charge is 2.36. The second-order valence-electron chi connectivity index (χ2n) is 7.52. The van der Waals surface area contributed by atoms with Gasteiger partial charge in [0.2, 0.25) is 0 Å². The first kappa shape index (κ1) is 22.6. The molecule has 0 aliphatic heterocycles. The Kier molecular flexibility index (Phi) is 6.20. The van der Waals surface area contributed by atoms with Gasteiger partial charge in [-0.3, -0.25) is 4.79 Å². The summed E-state index contributed by atoms with van der Waals surface area (Å²) in [5.41, 5.74) is -2.98. The van der Waals surface area contributed by atoms with Crippen molar-refractivity contribution in [3.05, 3.63) is 64.7 Å². The molecule has 0 spiro atoms. The first-order valence-corrected chi connectivity index (χ1v) is 8.60. The van der Waals surface area contributed by atoms with Crippen molar-refractivity contribution < 1.29 is 31.1 Å². The number of hydrogen-bond donors (Lipinski definition) is 2. The average Bonchev–Trinajstić information content (AvgIpc) is 2.57. The van der Waals surface area contributed by atoms with Crippen LogP contribution in [0, 0.1) is 0 Å². The quantitative estimate of drug-likeness (QED) is 0.611. The minimum absolute atomic E-state index is 0.0776. The number of halogens is 6. The third-order valence-corrected chi connectivity index (χ3v) is 3.79. The molecule has 2 N–H and O–H groups in total. The predicted octanol–water partition coefficient (Wildman–Crippen LogP) is 5.86. The third-order valence-electron chi connectivity index (χ3n) is 3.79. The summed E-state index contributed by atoms with van der Waals surface area (Å²) in [5, 5.41) is 5.51. The minimum atomic E-state index is -4.92. The highest BCUT2D eigenvalue weighted by atomic mass is 19.4. The van der Waals surface area contributed by atoms with E-state index in [1.54, 1.807) is 32.9 Å². The molecule has 2 aromatic carbocycles. The molecule has 2 aromatic rings. The summed E-state index contributed by atoms with van der Waals surface area (Å²) in [7, 11) is 0. The molecule has 0 aliphatic carbocycles. The molecule has 0 fully saturated rings. The lowest BCUT2D eigenvalue weighted by atomic mass is 10.0. The molecule has 0 bridgehead atoms. The van der Waals surface area contributed by atoms with E-state index < -0.39 is 34.9 Å². The van der Waals surface area contributed by atoms with Crippen LogP contribution in [0.2, 0.25) is 0 Å². The van der Waals surface area contributed by atoms with E-state index in [2.05, 4.69) is 10.6 Å². The van der Waals surface area contributed by atoms with Gasteiger partial charge in [0.25, 0.3) is 5.91 Å². The summed E-state index contributed by atoms with van der Waals surface area (Å²) < 4.78 is 77.9. The van der Waals surface area contributed by atoms with E-state index in [1.807, 2.05) is 0 Å². The molecule has 1 amide bonds. The van der Waals surface area contributed by atoms with E-state index >= 15 is 0 Å². The van der Waals surface area contributed by atoms with E-state index in [0.717, 1.165) is 0 Å². The molecule has 0 atom stereocenters. The summed E-state index contributed by atoms with van der Waals surface area (Å²) in [4.78, 5) is 12.4. The Labute approximate surface area is 164 Å². The Morgan fingerprint density at radius 3 is 1.86 bits per heavy atom. The highest BCUT2D eigenvalue weighted by Crippen LogP contribution is 2.36. The van der Waals surface area contributed by atoms with Crippen molar-refractivity contribution in [1.29, 1.82) is 0 Å². The van der Waals surface area contributed by atoms with E-state index in [4.69, 9.17) is 0 Å². The molecule has 9 heteroatoms. The van der Waals surface area contributed by atoms with Crippen molar-refractivity contribution in [3.8, 4) is 0 Å². The second kappa shape index (κ2) is 7.96. The van der Waals surface area contributed by atoms with Gasteiger partial charge in [0.15, 0.2) is 0 Å². The topological polar surface area (TPSA) is 41.1 Å². The van der Waals surface area contributed by atoms with Gasteiger partial charge in [-0.2, -0.15) is 26.3 Å². The van der Waals surface area contributed by atoms with Gasteiger partial charge in [0.1, 0.15) is 0 Å². The zero-order chi connectivity index (χ0) is 22.0. The van der Waals surface area contributed by atoms with Crippen LogP contribution < -0.4 is 10.6 Å². The van der Waals surface area contributed by atoms with E-state index in [9.17, 15) is 31.1 Å². The predicted molar refractivity (Wildman–Crippen MR) is 97.4 cm³/mol. The molecule has 0 aliphatic rings. The Hall–Kier alpha value is -2.71. The number of para-hydroxylation sites is 1. The molecule has 2 rings (SSSR count). The van der Waals surface area contributed by atoms with Crippen molar-refractivity contribution in [2.24, 2.45) is 0 Å². The van der Waals surface area contributed by atoms with Crippen LogP contribution in [0.1, 0.15) is 47.8 Å². The summed E-state index contributed by atoms with van der Waals surface area (Å²) in [5.74, 6) is -0.416. The SMILES string of the molecule is CC(C)(C)NC(=O)c1ccccc1NCc1cc(C(F)(F)F)cc(C(F)(F)F)c1. The van der Waals surface area contributed by atoms with Crippen molar-refractivity contribution in [3.63, 3.8) is 0 Å². The van der Waals surface area contributed by atoms with E-state index in [0.29, 0.717) is 17.8 Å². The molecule has 0 heterocycles. The minimum Gasteiger partial charge on any atom is -0.380 e. The van der Waals surface area contributed by atoms with Crippen molar-refractivity contribution in [2.75, 3.05) is 5.32 Å². The van der Waals surface area contributed by atoms with Gasteiger partial charge in [-0.1, -0.05) is 12.1 Å². The smallest absolute Gasteiger partial charge is 0.380 e. The molecular weight excluding hydrogens is 398 g/mol. The lowest BCUT2D eigenvalue weighted by Gasteiger charge is -2.22. The fourth-order valence-corrected chi connectivity index (χ4v) is 2.56. The van der Waals surface area contributed by atoms with Crippen molar-refractivity contribution >= 4 is 11.6 Å². The van der Waals surface area contributed by atoms with Gasteiger partial charge < -0.3 is 10.6 Å². The fourth-order valence-electron chi connectivity index (χ4n) is 2.56. The number of anilines is 1. The monoisotopic (exact) mass is 418 g/mol. The number of benzene rings is 2. The lowest BCUT2D eigenvalue weighted by molar-refractivity contribution is -0.143. The standard InChI is InChI=1S/C20H20F6N2O/c1-18(2,3)28-17(29)15-6-4-5-7-16(15)27-11-12-8-13(19(21,22)23)10-14(9-12)20(24,25)26/h4-10,27H,11H2,1-3H3,(H,28,29). The number of carbonyl (C=O) groups excluding carboxylic acids is 1. The van der Waals surface area contributed by atoms with E-state index in [1.165, 1.54) is 12.1 Å². The zero-order valence-corrected chi connectivity index (χ0v) is 15.9. The molecule has 0 unspecified atom stereocenters. The zero-order valence-electron chi connectivity index (χ0n) is 15.9. The van der Waals surface area contributed by atoms with Gasteiger partial charge in [0.05, 0.1) is 16.7 Å². The highest BCUT2D eigenvalue weighted by molar-refractivity contribution is 5.99. The fraction of sp³-hybridized carbons (Fsp3) is 0.350. The molecule has 3 nitrogen and oxygen atoms in total. The maximum Gasteiger partial charge on any atom is 0.416 e. The van der Waals surface area contributed by atoms with Crippen molar-refractivity contribution in [2.45, 2.75) is 45.2 Å². The van der Waals surface area contributed by atoms with Gasteiger partial charge >= 0.3 is 12.4 Å². The van der Waals surface area contributed by atoms with Crippen LogP contribution in [0.4, 0.5) is 32.0 Å². The van der Waals surface area contributed by atoms with Gasteiger partial charge in [-0.15, -0.1) is 0 Å². The van der Waals surface area contributed by atoms with Crippen LogP contribution >= 0.6 is 0 Å². The number of hydrogen-bond acceptors (Lipinski definition) is 2. The number of amides is 1. The molecule has 0 aromatic heterocycles. The number of nitrogens with one attached hydrogen (secondary N) is 2. The maximum atomic E-state index is 13.0. The molecule has 29 heavy (non-hydrogen) atoms. The van der Waals surface area contributed by atoms with Crippen LogP contribution in [-0.2, 0) is 18.9 Å². The van der Waals surface area contributed by atoms with Crippen LogP contribution in [-0.4, -0.2) is 11.4 Å². The first-order valence-electron chi connectivity index (χ1n) is 8.60. The molecule has 0 saturated heterocycles. The van der Waals surface area contributed by atoms with Crippen LogP contribution in [0.5, 0.6) is 0 Å². The summed E-state index contributed by atoms with van der Waals surface area (Å²) in [6.45, 7) is 5.01. The largest absolute Gasteiger partial charge is 0.416 e. The Bertz CT molecular complexity index is 850. The normalized spacial score (nSPS) is 12.6. The average molecular weight is 418 g/mol. The molecule has 0 saturated carbocycles. The van der Waals surface area contributed by atoms with Gasteiger partial charge in [-0.05, 0) is 56.7 Å². The Balaban J connectivity index is 2.32. The third kappa shape index (κ3) is 6.40. The van der Waals surface area contributed by atoms with Crippen LogP contribution in [0.3, 0.4) is 0 Å². The van der Waals surface area contributed by atoms with Gasteiger partial charge in [-0.25, -0.2) is 0 Å². The summed E-state index contributed by atoms with van der Waals surface area (Å²) >= 11 is 0. The van der Waals surface area contributed by atoms with Gasteiger partial charge in [0, 0.05) is 17.8 Å². The molecule has 158 valence electrons. The lowest BCUT2D eigenvalue weighted by Crippen LogP contribution is -2.40. The summed E-state index contributed by atoms with van der Waals surface area (Å²) in [6.07, 6.45) is -9.83. The second-order valence-corrected chi connectivity index (χ2v) is 7.52. The maximum absolute atomic E-state index is 13.0.